The summed E-state index contributed by atoms with van der Waals surface area (Å²) >= 11 is 1.68. The van der Waals surface area contributed by atoms with Crippen LogP contribution in [0.15, 0.2) is 41.8 Å². The van der Waals surface area contributed by atoms with Gasteiger partial charge < -0.3 is 5.32 Å². The summed E-state index contributed by atoms with van der Waals surface area (Å²) in [6.07, 6.45) is 4.62. The maximum absolute atomic E-state index is 12.5. The number of thiophene rings is 1. The van der Waals surface area contributed by atoms with E-state index in [1.54, 1.807) is 11.3 Å². The summed E-state index contributed by atoms with van der Waals surface area (Å²) in [6.45, 7) is 4.63. The van der Waals surface area contributed by atoms with Crippen molar-refractivity contribution in [2.75, 3.05) is 6.54 Å². The van der Waals surface area contributed by atoms with Crippen molar-refractivity contribution in [3.05, 3.63) is 57.8 Å². The Labute approximate surface area is 172 Å². The van der Waals surface area contributed by atoms with E-state index in [2.05, 4.69) is 66.3 Å². The second-order valence-electron chi connectivity index (χ2n) is 7.75. The number of benzene rings is 1. The highest BCUT2D eigenvalue weighted by atomic mass is 32.1. The van der Waals surface area contributed by atoms with E-state index < -0.39 is 5.54 Å². The monoisotopic (exact) mass is 395 g/mol. The summed E-state index contributed by atoms with van der Waals surface area (Å²) in [5.41, 5.74) is 1.82. The number of rotatable bonds is 8. The molecule has 0 aliphatic heterocycles. The lowest BCUT2D eigenvalue weighted by atomic mass is 9.95. The van der Waals surface area contributed by atoms with Crippen molar-refractivity contribution in [2.45, 2.75) is 63.5 Å². The average molecular weight is 396 g/mol. The molecule has 1 aromatic heterocycles. The fourth-order valence-electron chi connectivity index (χ4n) is 3.84. The summed E-state index contributed by atoms with van der Waals surface area (Å²) in [6, 6.07) is 15.1. The van der Waals surface area contributed by atoms with Crippen molar-refractivity contribution < 1.29 is 4.79 Å². The Morgan fingerprint density at radius 1 is 1.21 bits per heavy atom. The molecule has 1 fully saturated rings. The highest BCUT2D eigenvalue weighted by Crippen LogP contribution is 2.30. The number of amides is 1. The molecule has 0 radical (unpaired) electrons. The van der Waals surface area contributed by atoms with Gasteiger partial charge in [0.1, 0.15) is 5.54 Å². The van der Waals surface area contributed by atoms with Crippen LogP contribution in [0.2, 0.25) is 0 Å². The lowest BCUT2D eigenvalue weighted by Crippen LogP contribution is -2.48. The fraction of sp³-hybridized carbons (Fsp3) is 0.478. The topological polar surface area (TPSA) is 64.9 Å². The minimum Gasteiger partial charge on any atom is -0.337 e. The molecule has 148 valence electrons. The van der Waals surface area contributed by atoms with Crippen LogP contribution in [0, 0.1) is 11.3 Å². The van der Waals surface area contributed by atoms with Crippen LogP contribution in [0.4, 0.5) is 0 Å². The third-order valence-corrected chi connectivity index (χ3v) is 6.73. The van der Waals surface area contributed by atoms with Crippen LogP contribution in [0.1, 0.15) is 73.9 Å². The minimum absolute atomic E-state index is 0.0293. The standard InChI is InChI=1S/C23H29N3OS/c1-3-17(2)18-8-10-19(11-9-18)22(20-7-6-14-28-20)25-15-21(27)26-23(16-24)12-4-5-13-23/h6-11,14,17,22,25H,3-5,12-13,15H2,1-2H3,(H,26,27)/t17-,22+/m0/s1. The van der Waals surface area contributed by atoms with Crippen molar-refractivity contribution >= 4 is 17.2 Å². The van der Waals surface area contributed by atoms with Gasteiger partial charge in [-0.2, -0.15) is 5.26 Å². The van der Waals surface area contributed by atoms with Gasteiger partial charge in [-0.1, -0.05) is 44.2 Å². The number of nitrogens with zero attached hydrogens (tertiary/aromatic N) is 1. The Hall–Kier alpha value is -2.16. The first kappa shape index (κ1) is 20.6. The van der Waals surface area contributed by atoms with Gasteiger partial charge in [-0.15, -0.1) is 11.3 Å². The summed E-state index contributed by atoms with van der Waals surface area (Å²) in [5.74, 6) is 0.433. The van der Waals surface area contributed by atoms with E-state index in [1.807, 2.05) is 6.07 Å². The van der Waals surface area contributed by atoms with E-state index >= 15 is 0 Å². The first-order chi connectivity index (χ1) is 13.6. The number of nitrogens with one attached hydrogen (secondary N) is 2. The van der Waals surface area contributed by atoms with Crippen molar-refractivity contribution in [1.29, 1.82) is 5.26 Å². The van der Waals surface area contributed by atoms with Gasteiger partial charge in [-0.25, -0.2) is 0 Å². The van der Waals surface area contributed by atoms with Gasteiger partial charge in [0.2, 0.25) is 5.91 Å². The molecule has 0 saturated heterocycles. The third kappa shape index (κ3) is 4.81. The van der Waals surface area contributed by atoms with Crippen LogP contribution in [-0.4, -0.2) is 18.0 Å². The average Bonchev–Trinajstić information content (AvgIpc) is 3.41. The third-order valence-electron chi connectivity index (χ3n) is 5.80. The molecule has 2 atom stereocenters. The molecule has 1 aliphatic carbocycles. The maximum Gasteiger partial charge on any atom is 0.235 e. The molecular weight excluding hydrogens is 366 g/mol. The first-order valence-electron chi connectivity index (χ1n) is 10.2. The van der Waals surface area contributed by atoms with E-state index in [4.69, 9.17) is 0 Å². The molecule has 0 spiro atoms. The lowest BCUT2D eigenvalue weighted by Gasteiger charge is -2.24. The van der Waals surface area contributed by atoms with Gasteiger partial charge in [0.15, 0.2) is 0 Å². The molecule has 28 heavy (non-hydrogen) atoms. The Balaban J connectivity index is 1.69. The van der Waals surface area contributed by atoms with Crippen LogP contribution in [0.25, 0.3) is 0 Å². The second kappa shape index (κ2) is 9.36. The smallest absolute Gasteiger partial charge is 0.235 e. The Morgan fingerprint density at radius 2 is 1.89 bits per heavy atom. The SMILES string of the molecule is CC[C@H](C)c1ccc([C@@H](NCC(=O)NC2(C#N)CCCC2)c2cccs2)cc1. The van der Waals surface area contributed by atoms with Gasteiger partial charge in [0, 0.05) is 4.88 Å². The number of hydrogen-bond donors (Lipinski definition) is 2. The molecule has 5 heteroatoms. The van der Waals surface area contributed by atoms with E-state index in [9.17, 15) is 10.1 Å². The number of carbonyl (C=O) groups excluding carboxylic acids is 1. The zero-order chi connectivity index (χ0) is 20.0. The molecule has 1 heterocycles. The molecule has 4 nitrogen and oxygen atoms in total. The van der Waals surface area contributed by atoms with E-state index in [1.165, 1.54) is 10.4 Å². The number of hydrogen-bond acceptors (Lipinski definition) is 4. The number of carbonyl (C=O) groups is 1. The van der Waals surface area contributed by atoms with Gasteiger partial charge in [-0.3, -0.25) is 10.1 Å². The summed E-state index contributed by atoms with van der Waals surface area (Å²) in [5, 5.41) is 17.9. The van der Waals surface area contributed by atoms with Crippen LogP contribution in [0.3, 0.4) is 0 Å². The van der Waals surface area contributed by atoms with Crippen LogP contribution in [0.5, 0.6) is 0 Å². The van der Waals surface area contributed by atoms with E-state index in [0.717, 1.165) is 37.7 Å². The zero-order valence-electron chi connectivity index (χ0n) is 16.7. The van der Waals surface area contributed by atoms with Crippen molar-refractivity contribution in [3.63, 3.8) is 0 Å². The largest absolute Gasteiger partial charge is 0.337 e. The zero-order valence-corrected chi connectivity index (χ0v) is 17.5. The molecular formula is C23H29N3OS. The van der Waals surface area contributed by atoms with Crippen molar-refractivity contribution in [1.82, 2.24) is 10.6 Å². The summed E-state index contributed by atoms with van der Waals surface area (Å²) in [7, 11) is 0. The van der Waals surface area contributed by atoms with E-state index in [-0.39, 0.29) is 18.5 Å². The molecule has 1 saturated carbocycles. The fourth-order valence-corrected chi connectivity index (χ4v) is 4.67. The lowest BCUT2D eigenvalue weighted by molar-refractivity contribution is -0.121. The summed E-state index contributed by atoms with van der Waals surface area (Å²) in [4.78, 5) is 13.7. The Kier molecular flexibility index (Phi) is 6.88. The van der Waals surface area contributed by atoms with Crippen LogP contribution >= 0.6 is 11.3 Å². The van der Waals surface area contributed by atoms with Crippen LogP contribution in [-0.2, 0) is 4.79 Å². The van der Waals surface area contributed by atoms with Gasteiger partial charge in [0.25, 0.3) is 0 Å². The van der Waals surface area contributed by atoms with Gasteiger partial charge >= 0.3 is 0 Å². The van der Waals surface area contributed by atoms with Crippen molar-refractivity contribution in [2.24, 2.45) is 0 Å². The Morgan fingerprint density at radius 3 is 2.46 bits per heavy atom. The Bertz CT molecular complexity index is 801. The molecule has 3 rings (SSSR count). The van der Waals surface area contributed by atoms with Crippen molar-refractivity contribution in [3.8, 4) is 6.07 Å². The molecule has 2 aromatic rings. The highest BCUT2D eigenvalue weighted by Gasteiger charge is 2.35. The van der Waals surface area contributed by atoms with Gasteiger partial charge in [0.05, 0.1) is 18.7 Å². The predicted molar refractivity (Wildman–Crippen MR) is 114 cm³/mol. The molecule has 1 amide bonds. The number of nitriles is 1. The maximum atomic E-state index is 12.5. The van der Waals surface area contributed by atoms with Gasteiger partial charge in [-0.05, 0) is 60.6 Å². The first-order valence-corrected chi connectivity index (χ1v) is 11.0. The van der Waals surface area contributed by atoms with E-state index in [0.29, 0.717) is 5.92 Å². The normalized spacial score (nSPS) is 17.6. The summed E-state index contributed by atoms with van der Waals surface area (Å²) < 4.78 is 0. The molecule has 0 bridgehead atoms. The second-order valence-corrected chi connectivity index (χ2v) is 8.73. The van der Waals surface area contributed by atoms with Crippen LogP contribution < -0.4 is 10.6 Å². The molecule has 2 N–H and O–H groups in total. The molecule has 0 unspecified atom stereocenters. The minimum atomic E-state index is -0.671. The quantitative estimate of drug-likeness (QED) is 0.668. The predicted octanol–water partition coefficient (Wildman–Crippen LogP) is 4.89. The molecule has 1 aromatic carbocycles. The molecule has 1 aliphatic rings. The highest BCUT2D eigenvalue weighted by molar-refractivity contribution is 7.10.